The minimum absolute atomic E-state index is 0.793. The van der Waals surface area contributed by atoms with Crippen molar-refractivity contribution in [1.29, 1.82) is 0 Å². The first-order valence-electron chi connectivity index (χ1n) is 2.13. The summed E-state index contributed by atoms with van der Waals surface area (Å²) in [5.74, 6) is 0. The summed E-state index contributed by atoms with van der Waals surface area (Å²) < 4.78 is 0. The van der Waals surface area contributed by atoms with Crippen molar-refractivity contribution in [1.82, 2.24) is 0 Å². The topological polar surface area (TPSA) is 20.2 Å². The molecule has 42 valence electrons. The number of hydrogen-bond acceptors (Lipinski definition) is 1. The minimum Gasteiger partial charge on any atom is -0.374 e. The Kier molecular flexibility index (Phi) is 3.05. The van der Waals surface area contributed by atoms with E-state index in [1.165, 1.54) is 0 Å². The molecule has 1 unspecified atom stereocenters. The van der Waals surface area contributed by atoms with E-state index < -0.39 is 5.56 Å². The highest BCUT2D eigenvalue weighted by atomic mass is 35.5. The van der Waals surface area contributed by atoms with Gasteiger partial charge in [0, 0.05) is 0 Å². The summed E-state index contributed by atoms with van der Waals surface area (Å²) in [5, 5.41) is 8.52. The molecule has 1 nitrogen and oxygen atoms in total. The van der Waals surface area contributed by atoms with Crippen LogP contribution in [-0.4, -0.2) is 10.7 Å². The van der Waals surface area contributed by atoms with E-state index in [9.17, 15) is 0 Å². The van der Waals surface area contributed by atoms with Crippen molar-refractivity contribution in [3.8, 4) is 0 Å². The molecule has 0 radical (unpaired) electrons. The SMILES string of the molecule is CC=C(C)C(O)Cl. The lowest BCUT2D eigenvalue weighted by Gasteiger charge is -1.97. The van der Waals surface area contributed by atoms with Crippen molar-refractivity contribution in [2.75, 3.05) is 0 Å². The summed E-state index contributed by atoms with van der Waals surface area (Å²) >= 11 is 5.22. The van der Waals surface area contributed by atoms with Crippen molar-refractivity contribution in [3.05, 3.63) is 11.6 Å². The van der Waals surface area contributed by atoms with Gasteiger partial charge in [-0.15, -0.1) is 0 Å². The molecule has 0 aliphatic carbocycles. The fourth-order valence-corrected chi connectivity index (χ4v) is 0.264. The highest BCUT2D eigenvalue weighted by Crippen LogP contribution is 2.02. The number of aliphatic hydroxyl groups is 1. The lowest BCUT2D eigenvalue weighted by molar-refractivity contribution is 0.291. The second kappa shape index (κ2) is 3.05. The summed E-state index contributed by atoms with van der Waals surface area (Å²) in [7, 11) is 0. The molecule has 0 aliphatic rings. The van der Waals surface area contributed by atoms with Crippen molar-refractivity contribution < 1.29 is 5.11 Å². The Morgan fingerprint density at radius 3 is 2.29 bits per heavy atom. The molecule has 0 saturated heterocycles. The van der Waals surface area contributed by atoms with Gasteiger partial charge in [0.25, 0.3) is 0 Å². The average molecular weight is 121 g/mol. The standard InChI is InChI=1S/C5H9ClO/c1-3-4(2)5(6)7/h3,5,7H,1-2H3. The van der Waals surface area contributed by atoms with Gasteiger partial charge >= 0.3 is 0 Å². The predicted molar refractivity (Wildman–Crippen MR) is 31.3 cm³/mol. The van der Waals surface area contributed by atoms with Gasteiger partial charge in [-0.3, -0.25) is 0 Å². The van der Waals surface area contributed by atoms with Gasteiger partial charge in [-0.05, 0) is 19.4 Å². The summed E-state index contributed by atoms with van der Waals surface area (Å²) in [5.41, 5.74) is -0.00772. The monoisotopic (exact) mass is 120 g/mol. The lowest BCUT2D eigenvalue weighted by Crippen LogP contribution is -1.95. The summed E-state index contributed by atoms with van der Waals surface area (Å²) in [4.78, 5) is 0. The van der Waals surface area contributed by atoms with Crippen LogP contribution in [0.1, 0.15) is 13.8 Å². The number of hydrogen-bond donors (Lipinski definition) is 1. The Labute approximate surface area is 48.6 Å². The van der Waals surface area contributed by atoms with E-state index in [0.29, 0.717) is 0 Å². The highest BCUT2D eigenvalue weighted by molar-refractivity contribution is 6.21. The molecular formula is C5H9ClO. The van der Waals surface area contributed by atoms with Crippen LogP contribution in [0, 0.1) is 0 Å². The van der Waals surface area contributed by atoms with E-state index in [0.717, 1.165) is 5.57 Å². The Morgan fingerprint density at radius 1 is 1.86 bits per heavy atom. The molecule has 0 saturated carbocycles. The lowest BCUT2D eigenvalue weighted by atomic mass is 10.3. The maximum atomic E-state index is 8.52. The van der Waals surface area contributed by atoms with Crippen LogP contribution in [0.15, 0.2) is 11.6 Å². The van der Waals surface area contributed by atoms with E-state index in [2.05, 4.69) is 0 Å². The molecule has 0 aromatic rings. The van der Waals surface area contributed by atoms with Crippen LogP contribution >= 0.6 is 11.6 Å². The van der Waals surface area contributed by atoms with Gasteiger partial charge in [-0.25, -0.2) is 0 Å². The minimum atomic E-state index is -0.801. The third-order valence-corrected chi connectivity index (χ3v) is 1.18. The average Bonchev–Trinajstić information content (AvgIpc) is 1.65. The number of allylic oxidation sites excluding steroid dienone is 1. The fourth-order valence-electron chi connectivity index (χ4n) is 0.138. The molecule has 0 heterocycles. The second-order valence-electron chi connectivity index (χ2n) is 1.37. The highest BCUT2D eigenvalue weighted by Gasteiger charge is 1.95. The molecule has 0 aromatic carbocycles. The maximum absolute atomic E-state index is 8.52. The zero-order chi connectivity index (χ0) is 5.86. The second-order valence-corrected chi connectivity index (χ2v) is 1.78. The first-order chi connectivity index (χ1) is 3.18. The predicted octanol–water partition coefficient (Wildman–Crippen LogP) is 1.51. The van der Waals surface area contributed by atoms with Crippen LogP contribution in [0.4, 0.5) is 0 Å². The number of alkyl halides is 1. The molecule has 0 spiro atoms. The molecular weight excluding hydrogens is 112 g/mol. The molecule has 0 amide bonds. The zero-order valence-electron chi connectivity index (χ0n) is 4.48. The molecule has 7 heavy (non-hydrogen) atoms. The van der Waals surface area contributed by atoms with Crippen molar-refractivity contribution >= 4 is 11.6 Å². The number of halogens is 1. The maximum Gasteiger partial charge on any atom is 0.149 e. The molecule has 0 rings (SSSR count). The Morgan fingerprint density at radius 2 is 2.29 bits per heavy atom. The Hall–Kier alpha value is -0.0100. The number of aliphatic hydroxyl groups excluding tert-OH is 1. The van der Waals surface area contributed by atoms with Gasteiger partial charge < -0.3 is 5.11 Å². The molecule has 1 N–H and O–H groups in total. The van der Waals surface area contributed by atoms with Gasteiger partial charge in [0.2, 0.25) is 0 Å². The molecule has 0 bridgehead atoms. The first kappa shape index (κ1) is 6.99. The molecule has 2 heteroatoms. The van der Waals surface area contributed by atoms with E-state index in [-0.39, 0.29) is 0 Å². The molecule has 0 aliphatic heterocycles. The Bertz CT molecular complexity index is 76.1. The van der Waals surface area contributed by atoms with Crippen LogP contribution in [-0.2, 0) is 0 Å². The van der Waals surface area contributed by atoms with Crippen molar-refractivity contribution in [2.45, 2.75) is 19.4 Å². The zero-order valence-corrected chi connectivity index (χ0v) is 5.24. The van der Waals surface area contributed by atoms with E-state index in [1.807, 2.05) is 6.92 Å². The van der Waals surface area contributed by atoms with Crippen LogP contribution in [0.2, 0.25) is 0 Å². The summed E-state index contributed by atoms with van der Waals surface area (Å²) in [6, 6.07) is 0. The van der Waals surface area contributed by atoms with Gasteiger partial charge in [0.05, 0.1) is 0 Å². The first-order valence-corrected chi connectivity index (χ1v) is 2.57. The Balaban J connectivity index is 3.56. The fraction of sp³-hybridized carbons (Fsp3) is 0.600. The quantitative estimate of drug-likeness (QED) is 0.411. The smallest absolute Gasteiger partial charge is 0.149 e. The van der Waals surface area contributed by atoms with Crippen molar-refractivity contribution in [2.24, 2.45) is 0 Å². The van der Waals surface area contributed by atoms with E-state index in [1.54, 1.807) is 13.0 Å². The third kappa shape index (κ3) is 2.66. The van der Waals surface area contributed by atoms with Crippen LogP contribution < -0.4 is 0 Å². The van der Waals surface area contributed by atoms with Crippen LogP contribution in [0.3, 0.4) is 0 Å². The third-order valence-electron chi connectivity index (χ3n) is 0.831. The summed E-state index contributed by atoms with van der Waals surface area (Å²) in [6.07, 6.45) is 1.78. The molecule has 0 fully saturated rings. The van der Waals surface area contributed by atoms with E-state index in [4.69, 9.17) is 16.7 Å². The van der Waals surface area contributed by atoms with Crippen LogP contribution in [0.25, 0.3) is 0 Å². The van der Waals surface area contributed by atoms with Gasteiger partial charge in [-0.1, -0.05) is 17.7 Å². The van der Waals surface area contributed by atoms with Gasteiger partial charge in [0.1, 0.15) is 5.56 Å². The molecule has 0 aromatic heterocycles. The largest absolute Gasteiger partial charge is 0.374 e. The summed E-state index contributed by atoms with van der Waals surface area (Å²) in [6.45, 7) is 3.61. The molecule has 1 atom stereocenters. The van der Waals surface area contributed by atoms with Crippen LogP contribution in [0.5, 0.6) is 0 Å². The van der Waals surface area contributed by atoms with Gasteiger partial charge in [0.15, 0.2) is 0 Å². The van der Waals surface area contributed by atoms with Crippen molar-refractivity contribution in [3.63, 3.8) is 0 Å². The van der Waals surface area contributed by atoms with Gasteiger partial charge in [-0.2, -0.15) is 0 Å². The normalized spacial score (nSPS) is 16.9. The number of rotatable bonds is 1. The van der Waals surface area contributed by atoms with E-state index >= 15 is 0 Å².